The largest absolute Gasteiger partial charge is 0.405 e. The Kier molecular flexibility index (Phi) is 5.25. The van der Waals surface area contributed by atoms with E-state index in [-0.39, 0.29) is 6.04 Å². The highest BCUT2D eigenvalue weighted by Gasteiger charge is 2.33. The molecular formula is C11H19F3N2O2. The fraction of sp³-hybridized carbons (Fsp3) is 0.909. The van der Waals surface area contributed by atoms with Gasteiger partial charge < -0.3 is 15.3 Å². The number of hydrogen-bond donors (Lipinski definition) is 2. The second-order valence-corrected chi connectivity index (χ2v) is 4.51. The summed E-state index contributed by atoms with van der Waals surface area (Å²) in [4.78, 5) is 13.0. The van der Waals surface area contributed by atoms with Gasteiger partial charge in [-0.2, -0.15) is 13.2 Å². The van der Waals surface area contributed by atoms with Crippen molar-refractivity contribution >= 4 is 6.03 Å². The molecule has 4 nitrogen and oxygen atoms in total. The Bertz CT molecular complexity index is 284. The number of aliphatic hydroxyl groups excluding tert-OH is 1. The molecule has 1 heterocycles. The van der Waals surface area contributed by atoms with E-state index < -0.39 is 24.9 Å². The first-order valence-corrected chi connectivity index (χ1v) is 6.14. The van der Waals surface area contributed by atoms with Gasteiger partial charge in [0.05, 0.1) is 12.1 Å². The summed E-state index contributed by atoms with van der Waals surface area (Å²) in [5.41, 5.74) is 0. The van der Waals surface area contributed by atoms with Crippen LogP contribution in [0.25, 0.3) is 0 Å². The average Bonchev–Trinajstić information content (AvgIpc) is 2.34. The summed E-state index contributed by atoms with van der Waals surface area (Å²) in [6, 6.07) is -1.12. The number of carbonyl (C=O) groups excluding carboxylic acids is 1. The second kappa shape index (κ2) is 6.26. The highest BCUT2D eigenvalue weighted by Crippen LogP contribution is 2.21. The maximum Gasteiger partial charge on any atom is 0.405 e. The van der Waals surface area contributed by atoms with Gasteiger partial charge in [0, 0.05) is 6.54 Å². The topological polar surface area (TPSA) is 52.6 Å². The lowest BCUT2D eigenvalue weighted by atomic mass is 9.96. The maximum absolute atomic E-state index is 12.0. The van der Waals surface area contributed by atoms with Crippen LogP contribution in [0.15, 0.2) is 0 Å². The van der Waals surface area contributed by atoms with Gasteiger partial charge in [-0.25, -0.2) is 4.79 Å². The fourth-order valence-electron chi connectivity index (χ4n) is 2.16. The summed E-state index contributed by atoms with van der Waals surface area (Å²) in [6.07, 6.45) is -2.34. The van der Waals surface area contributed by atoms with Crippen molar-refractivity contribution in [2.24, 2.45) is 0 Å². The van der Waals surface area contributed by atoms with Gasteiger partial charge in [-0.05, 0) is 25.7 Å². The van der Waals surface area contributed by atoms with Crippen molar-refractivity contribution in [1.82, 2.24) is 10.2 Å². The number of urea groups is 1. The van der Waals surface area contributed by atoms with Crippen molar-refractivity contribution in [3.05, 3.63) is 0 Å². The molecule has 1 aliphatic rings. The fourth-order valence-corrected chi connectivity index (χ4v) is 2.16. The quantitative estimate of drug-likeness (QED) is 0.821. The summed E-state index contributed by atoms with van der Waals surface area (Å²) < 4.78 is 36.1. The molecule has 0 radical (unpaired) electrons. The molecule has 0 bridgehead atoms. The summed E-state index contributed by atoms with van der Waals surface area (Å²) in [7, 11) is 0. The zero-order valence-electron chi connectivity index (χ0n) is 10.3. The number of aliphatic hydroxyl groups is 1. The lowest BCUT2D eigenvalue weighted by Gasteiger charge is -2.38. The average molecular weight is 268 g/mol. The van der Waals surface area contributed by atoms with Crippen LogP contribution in [0.2, 0.25) is 0 Å². The van der Waals surface area contributed by atoms with Crippen LogP contribution in [0.5, 0.6) is 0 Å². The van der Waals surface area contributed by atoms with Gasteiger partial charge in [0.2, 0.25) is 0 Å². The summed E-state index contributed by atoms with van der Waals surface area (Å²) >= 11 is 0. The first-order valence-electron chi connectivity index (χ1n) is 6.14. The van der Waals surface area contributed by atoms with E-state index in [0.717, 1.165) is 12.8 Å². The third-order valence-electron chi connectivity index (χ3n) is 3.11. The third kappa shape index (κ3) is 4.36. The van der Waals surface area contributed by atoms with Crippen molar-refractivity contribution < 1.29 is 23.1 Å². The van der Waals surface area contributed by atoms with Crippen LogP contribution < -0.4 is 5.32 Å². The van der Waals surface area contributed by atoms with E-state index in [1.807, 2.05) is 5.32 Å². The first-order chi connectivity index (χ1) is 8.35. The Morgan fingerprint density at radius 1 is 1.50 bits per heavy atom. The summed E-state index contributed by atoms with van der Waals surface area (Å²) in [6.45, 7) is 0.841. The van der Waals surface area contributed by atoms with Crippen LogP contribution in [0.1, 0.15) is 32.6 Å². The molecule has 0 aromatic rings. The molecule has 1 fully saturated rings. The Hall–Kier alpha value is -0.980. The zero-order valence-corrected chi connectivity index (χ0v) is 10.3. The SMILES string of the molecule is CCC(O)C1CCCCN1C(=O)NCC(F)(F)F. The molecule has 0 aromatic carbocycles. The van der Waals surface area contributed by atoms with Crippen molar-refractivity contribution in [3.63, 3.8) is 0 Å². The van der Waals surface area contributed by atoms with E-state index in [1.54, 1.807) is 6.92 Å². The molecule has 1 saturated heterocycles. The Morgan fingerprint density at radius 2 is 2.17 bits per heavy atom. The molecular weight excluding hydrogens is 249 g/mol. The van der Waals surface area contributed by atoms with Crippen LogP contribution in [0, 0.1) is 0 Å². The number of nitrogens with one attached hydrogen (secondary N) is 1. The highest BCUT2D eigenvalue weighted by atomic mass is 19.4. The number of amides is 2. The molecule has 18 heavy (non-hydrogen) atoms. The normalized spacial score (nSPS) is 22.7. The molecule has 2 atom stereocenters. The van der Waals surface area contributed by atoms with E-state index in [4.69, 9.17) is 0 Å². The number of carbonyl (C=O) groups is 1. The summed E-state index contributed by atoms with van der Waals surface area (Å²) in [5, 5.41) is 11.6. The van der Waals surface area contributed by atoms with Crippen LogP contribution in [-0.4, -0.2) is 47.4 Å². The molecule has 0 aliphatic carbocycles. The summed E-state index contributed by atoms with van der Waals surface area (Å²) in [5.74, 6) is 0. The monoisotopic (exact) mass is 268 g/mol. The maximum atomic E-state index is 12.0. The van der Waals surface area contributed by atoms with E-state index in [2.05, 4.69) is 0 Å². The van der Waals surface area contributed by atoms with Gasteiger partial charge >= 0.3 is 12.2 Å². The van der Waals surface area contributed by atoms with Crippen molar-refractivity contribution in [1.29, 1.82) is 0 Å². The number of rotatable bonds is 3. The van der Waals surface area contributed by atoms with E-state index in [0.29, 0.717) is 19.4 Å². The minimum absolute atomic E-state index is 0.378. The minimum Gasteiger partial charge on any atom is -0.391 e. The number of likely N-dealkylation sites (tertiary alicyclic amines) is 1. The predicted octanol–water partition coefficient (Wildman–Crippen LogP) is 1.88. The van der Waals surface area contributed by atoms with Gasteiger partial charge in [-0.15, -0.1) is 0 Å². The van der Waals surface area contributed by atoms with Crippen LogP contribution in [0.4, 0.5) is 18.0 Å². The number of alkyl halides is 3. The standard InChI is InChI=1S/C11H19F3N2O2/c1-2-9(17)8-5-3-4-6-16(8)10(18)15-7-11(12,13)14/h8-9,17H,2-7H2,1H3,(H,15,18). The highest BCUT2D eigenvalue weighted by molar-refractivity contribution is 5.74. The van der Waals surface area contributed by atoms with Crippen LogP contribution in [0.3, 0.4) is 0 Å². The number of nitrogens with zero attached hydrogens (tertiary/aromatic N) is 1. The van der Waals surface area contributed by atoms with Gasteiger partial charge in [-0.1, -0.05) is 6.92 Å². The van der Waals surface area contributed by atoms with E-state index in [1.165, 1.54) is 4.90 Å². The van der Waals surface area contributed by atoms with Crippen LogP contribution in [-0.2, 0) is 0 Å². The van der Waals surface area contributed by atoms with Crippen molar-refractivity contribution in [2.75, 3.05) is 13.1 Å². The van der Waals surface area contributed by atoms with Crippen LogP contribution >= 0.6 is 0 Å². The molecule has 2 N–H and O–H groups in total. The van der Waals surface area contributed by atoms with Crippen molar-refractivity contribution in [3.8, 4) is 0 Å². The molecule has 2 unspecified atom stereocenters. The Balaban J connectivity index is 2.57. The second-order valence-electron chi connectivity index (χ2n) is 4.51. The molecule has 1 rings (SSSR count). The Morgan fingerprint density at radius 3 is 2.72 bits per heavy atom. The number of hydrogen-bond acceptors (Lipinski definition) is 2. The van der Waals surface area contributed by atoms with Gasteiger partial charge in [-0.3, -0.25) is 0 Å². The van der Waals surface area contributed by atoms with Gasteiger partial charge in [0.1, 0.15) is 6.54 Å². The lowest BCUT2D eigenvalue weighted by molar-refractivity contribution is -0.123. The predicted molar refractivity (Wildman–Crippen MR) is 60.1 cm³/mol. The minimum atomic E-state index is -4.41. The molecule has 0 aromatic heterocycles. The number of piperidine rings is 1. The Labute approximate surface area is 104 Å². The van der Waals surface area contributed by atoms with E-state index in [9.17, 15) is 23.1 Å². The molecule has 2 amide bonds. The molecule has 0 spiro atoms. The van der Waals surface area contributed by atoms with Gasteiger partial charge in [0.25, 0.3) is 0 Å². The lowest BCUT2D eigenvalue weighted by Crippen LogP contribution is -2.54. The molecule has 7 heteroatoms. The number of halogens is 3. The first kappa shape index (κ1) is 15.1. The van der Waals surface area contributed by atoms with Gasteiger partial charge in [0.15, 0.2) is 0 Å². The third-order valence-corrected chi connectivity index (χ3v) is 3.11. The smallest absolute Gasteiger partial charge is 0.391 e. The molecule has 1 aliphatic heterocycles. The zero-order chi connectivity index (χ0) is 13.8. The van der Waals surface area contributed by atoms with E-state index >= 15 is 0 Å². The van der Waals surface area contributed by atoms with Crippen molar-refractivity contribution in [2.45, 2.75) is 50.9 Å². The molecule has 106 valence electrons. The molecule has 0 saturated carbocycles.